The van der Waals surface area contributed by atoms with E-state index in [0.29, 0.717) is 24.5 Å². The zero-order valence-corrected chi connectivity index (χ0v) is 15.2. The summed E-state index contributed by atoms with van der Waals surface area (Å²) >= 11 is 17.6. The van der Waals surface area contributed by atoms with Crippen LogP contribution < -0.4 is 0 Å². The molecule has 1 aliphatic heterocycles. The Labute approximate surface area is 150 Å². The van der Waals surface area contributed by atoms with Crippen LogP contribution in [0.4, 0.5) is 0 Å². The number of alkyl halides is 2. The molecule has 2 aliphatic rings. The van der Waals surface area contributed by atoms with Gasteiger partial charge in [-0.15, -0.1) is 23.2 Å². The van der Waals surface area contributed by atoms with Gasteiger partial charge in [0.2, 0.25) is 15.9 Å². The number of nitrogens with zero attached hydrogens (tertiary/aromatic N) is 2. The Bertz CT molecular complexity index is 713. The number of carbonyl (C=O) groups excluding carboxylic acids is 1. The van der Waals surface area contributed by atoms with Gasteiger partial charge in [0, 0.05) is 31.2 Å². The molecule has 1 aromatic carbocycles. The summed E-state index contributed by atoms with van der Waals surface area (Å²) in [5, 5.41) is 0.481. The molecule has 1 unspecified atom stereocenters. The van der Waals surface area contributed by atoms with Crippen molar-refractivity contribution in [3.05, 3.63) is 29.3 Å². The lowest BCUT2D eigenvalue weighted by Gasteiger charge is -2.34. The van der Waals surface area contributed by atoms with Crippen molar-refractivity contribution in [2.75, 3.05) is 26.2 Å². The molecule has 1 aliphatic carbocycles. The molecule has 1 amide bonds. The van der Waals surface area contributed by atoms with Gasteiger partial charge < -0.3 is 4.90 Å². The van der Waals surface area contributed by atoms with Gasteiger partial charge in [-0.05, 0) is 30.7 Å². The first-order valence-electron chi connectivity index (χ1n) is 7.14. The predicted octanol–water partition coefficient (Wildman–Crippen LogP) is 2.37. The van der Waals surface area contributed by atoms with Crippen molar-refractivity contribution < 1.29 is 13.2 Å². The monoisotopic (exact) mass is 396 g/mol. The van der Waals surface area contributed by atoms with Crippen molar-refractivity contribution in [2.45, 2.75) is 15.6 Å². The molecule has 23 heavy (non-hydrogen) atoms. The lowest BCUT2D eigenvalue weighted by Crippen LogP contribution is -2.51. The number of benzene rings is 1. The van der Waals surface area contributed by atoms with Gasteiger partial charge in [0.25, 0.3) is 0 Å². The van der Waals surface area contributed by atoms with E-state index >= 15 is 0 Å². The Hall–Kier alpha value is -0.530. The topological polar surface area (TPSA) is 57.7 Å². The third-order valence-electron chi connectivity index (χ3n) is 4.13. The van der Waals surface area contributed by atoms with Crippen LogP contribution in [-0.2, 0) is 14.8 Å². The molecule has 1 heterocycles. The molecule has 1 saturated carbocycles. The van der Waals surface area contributed by atoms with Crippen LogP contribution in [0.1, 0.15) is 6.42 Å². The number of amides is 1. The standard InChI is InChI=1S/C14H15Cl3N2O3S/c15-10-1-3-11(4-2-10)23(21,22)19-7-5-18(6-8-19)13(20)12-9-14(12,16)17/h1-4,12H,5-9H2. The number of hydrogen-bond acceptors (Lipinski definition) is 3. The van der Waals surface area contributed by atoms with Crippen LogP contribution in [-0.4, -0.2) is 54.0 Å². The third-order valence-corrected chi connectivity index (χ3v) is 7.13. The summed E-state index contributed by atoms with van der Waals surface area (Å²) in [6.45, 7) is 1.18. The molecule has 2 fully saturated rings. The summed E-state index contributed by atoms with van der Waals surface area (Å²) < 4.78 is 25.5. The van der Waals surface area contributed by atoms with E-state index in [1.807, 2.05) is 0 Å². The number of rotatable bonds is 3. The molecular weight excluding hydrogens is 383 g/mol. The maximum absolute atomic E-state index is 12.6. The second-order valence-corrected chi connectivity index (χ2v) is 9.62. The van der Waals surface area contributed by atoms with E-state index in [4.69, 9.17) is 34.8 Å². The summed E-state index contributed by atoms with van der Waals surface area (Å²) in [6.07, 6.45) is 0.457. The SMILES string of the molecule is O=C(C1CC1(Cl)Cl)N1CCN(S(=O)(=O)c2ccc(Cl)cc2)CC1. The molecule has 1 saturated heterocycles. The largest absolute Gasteiger partial charge is 0.340 e. The second-order valence-electron chi connectivity index (χ2n) is 5.70. The van der Waals surface area contributed by atoms with Crippen LogP contribution in [0.3, 0.4) is 0 Å². The van der Waals surface area contributed by atoms with Crippen molar-refractivity contribution in [1.29, 1.82) is 0 Å². The molecule has 0 aromatic heterocycles. The lowest BCUT2D eigenvalue weighted by atomic mass is 10.3. The minimum absolute atomic E-state index is 0.0986. The number of carbonyl (C=O) groups is 1. The normalized spacial score (nSPS) is 24.5. The Kier molecular flexibility index (Phi) is 4.57. The van der Waals surface area contributed by atoms with Crippen LogP contribution in [0.15, 0.2) is 29.2 Å². The highest BCUT2D eigenvalue weighted by Gasteiger charge is 2.57. The van der Waals surface area contributed by atoms with Gasteiger partial charge in [-0.1, -0.05) is 11.6 Å². The molecule has 9 heteroatoms. The summed E-state index contributed by atoms with van der Waals surface area (Å²) in [7, 11) is -3.57. The van der Waals surface area contributed by atoms with Crippen LogP contribution >= 0.6 is 34.8 Å². The Morgan fingerprint density at radius 3 is 2.09 bits per heavy atom. The number of piperazine rings is 1. The van der Waals surface area contributed by atoms with Crippen LogP contribution in [0.5, 0.6) is 0 Å². The van der Waals surface area contributed by atoms with Crippen molar-refractivity contribution >= 4 is 50.7 Å². The molecule has 5 nitrogen and oxygen atoms in total. The zero-order chi connectivity index (χ0) is 16.8. The highest BCUT2D eigenvalue weighted by atomic mass is 35.5. The highest BCUT2D eigenvalue weighted by Crippen LogP contribution is 2.53. The maximum Gasteiger partial charge on any atom is 0.243 e. The van der Waals surface area contributed by atoms with Gasteiger partial charge in [-0.2, -0.15) is 4.31 Å². The van der Waals surface area contributed by atoms with E-state index < -0.39 is 14.4 Å². The minimum atomic E-state index is -3.57. The fraction of sp³-hybridized carbons (Fsp3) is 0.500. The zero-order valence-electron chi connectivity index (χ0n) is 12.1. The summed E-state index contributed by atoms with van der Waals surface area (Å²) in [6, 6.07) is 6.05. The smallest absolute Gasteiger partial charge is 0.243 e. The molecule has 126 valence electrons. The molecule has 0 spiro atoms. The number of sulfonamides is 1. The summed E-state index contributed by atoms with van der Waals surface area (Å²) in [5.74, 6) is -0.469. The molecule has 1 atom stereocenters. The van der Waals surface area contributed by atoms with Crippen LogP contribution in [0, 0.1) is 5.92 Å². The number of hydrogen-bond donors (Lipinski definition) is 0. The first-order valence-corrected chi connectivity index (χ1v) is 9.71. The van der Waals surface area contributed by atoms with E-state index in [-0.39, 0.29) is 29.8 Å². The highest BCUT2D eigenvalue weighted by molar-refractivity contribution is 7.89. The molecule has 0 N–H and O–H groups in total. The van der Waals surface area contributed by atoms with Gasteiger partial charge >= 0.3 is 0 Å². The average molecular weight is 398 g/mol. The molecule has 1 aromatic rings. The van der Waals surface area contributed by atoms with Gasteiger partial charge in [0.15, 0.2) is 0 Å². The number of halogens is 3. The molecule has 3 rings (SSSR count). The molecule has 0 bridgehead atoms. The van der Waals surface area contributed by atoms with Gasteiger partial charge in [-0.3, -0.25) is 4.79 Å². The second kappa shape index (κ2) is 6.08. The van der Waals surface area contributed by atoms with Gasteiger partial charge in [0.1, 0.15) is 4.33 Å². The van der Waals surface area contributed by atoms with Gasteiger partial charge in [-0.25, -0.2) is 8.42 Å². The average Bonchev–Trinajstić information content (AvgIpc) is 3.16. The van der Waals surface area contributed by atoms with E-state index in [9.17, 15) is 13.2 Å². The van der Waals surface area contributed by atoms with Crippen molar-refractivity contribution in [3.8, 4) is 0 Å². The first kappa shape index (κ1) is 17.3. The molecule has 0 radical (unpaired) electrons. The maximum atomic E-state index is 12.6. The molecular formula is C14H15Cl3N2O3S. The fourth-order valence-electron chi connectivity index (χ4n) is 2.61. The van der Waals surface area contributed by atoms with E-state index in [0.717, 1.165) is 0 Å². The quantitative estimate of drug-likeness (QED) is 0.736. The van der Waals surface area contributed by atoms with Crippen molar-refractivity contribution in [3.63, 3.8) is 0 Å². The van der Waals surface area contributed by atoms with E-state index in [1.165, 1.54) is 16.4 Å². The van der Waals surface area contributed by atoms with E-state index in [1.54, 1.807) is 17.0 Å². The van der Waals surface area contributed by atoms with Gasteiger partial charge in [0.05, 0.1) is 10.8 Å². The predicted molar refractivity (Wildman–Crippen MR) is 89.3 cm³/mol. The first-order chi connectivity index (χ1) is 10.7. The third kappa shape index (κ3) is 3.46. The van der Waals surface area contributed by atoms with Crippen molar-refractivity contribution in [1.82, 2.24) is 9.21 Å². The summed E-state index contributed by atoms with van der Waals surface area (Å²) in [5.41, 5.74) is 0. The Morgan fingerprint density at radius 1 is 1.09 bits per heavy atom. The Morgan fingerprint density at radius 2 is 1.61 bits per heavy atom. The van der Waals surface area contributed by atoms with Crippen LogP contribution in [0.25, 0.3) is 0 Å². The minimum Gasteiger partial charge on any atom is -0.340 e. The van der Waals surface area contributed by atoms with E-state index in [2.05, 4.69) is 0 Å². The summed E-state index contributed by atoms with van der Waals surface area (Å²) in [4.78, 5) is 14.0. The lowest BCUT2D eigenvalue weighted by molar-refractivity contribution is -0.133. The van der Waals surface area contributed by atoms with Crippen molar-refractivity contribution in [2.24, 2.45) is 5.92 Å². The van der Waals surface area contributed by atoms with Crippen LogP contribution in [0.2, 0.25) is 5.02 Å². The Balaban J connectivity index is 1.64. The fourth-order valence-corrected chi connectivity index (χ4v) is 4.65.